The monoisotopic (exact) mass is 561 g/mol. The average Bonchev–Trinajstić information content (AvgIpc) is 3.35. The summed E-state index contributed by atoms with van der Waals surface area (Å²) in [6, 6.07) is 5.92. The molecule has 3 rings (SSSR count). The minimum absolute atomic E-state index is 0.0225. The van der Waals surface area contributed by atoms with Crippen molar-refractivity contribution in [2.45, 2.75) is 57.8 Å². The van der Waals surface area contributed by atoms with Crippen LogP contribution in [-0.4, -0.2) is 89.8 Å². The Labute approximate surface area is 231 Å². The molecule has 3 N–H and O–H groups in total. The van der Waals surface area contributed by atoms with Crippen LogP contribution in [0.2, 0.25) is 0 Å². The molecule has 0 saturated carbocycles. The maximum Gasteiger partial charge on any atom is 0.436 e. The van der Waals surface area contributed by atoms with Crippen molar-refractivity contribution in [1.82, 2.24) is 10.2 Å². The molecule has 1 aromatic carbocycles. The topological polar surface area (TPSA) is 162 Å². The molecule has 0 aromatic heterocycles. The van der Waals surface area contributed by atoms with Gasteiger partial charge in [0.2, 0.25) is 11.8 Å². The van der Waals surface area contributed by atoms with Crippen LogP contribution in [0.3, 0.4) is 0 Å². The molecule has 13 heteroatoms. The van der Waals surface area contributed by atoms with Gasteiger partial charge in [0.25, 0.3) is 0 Å². The van der Waals surface area contributed by atoms with Crippen LogP contribution >= 0.6 is 11.8 Å². The largest absolute Gasteiger partial charge is 0.469 e. The molecule has 3 amide bonds. The number of hydrogen-bond donors (Lipinski definition) is 2. The van der Waals surface area contributed by atoms with Crippen molar-refractivity contribution in [1.29, 1.82) is 0 Å². The van der Waals surface area contributed by atoms with Crippen molar-refractivity contribution in [2.75, 3.05) is 31.7 Å². The number of amidine groups is 1. The number of benzene rings is 1. The molecular weight excluding hydrogens is 526 g/mol. The van der Waals surface area contributed by atoms with E-state index in [0.717, 1.165) is 17.1 Å². The average molecular weight is 562 g/mol. The Morgan fingerprint density at radius 2 is 1.87 bits per heavy atom. The number of thioether (sulfide) groups is 1. The van der Waals surface area contributed by atoms with Gasteiger partial charge < -0.3 is 30.3 Å². The van der Waals surface area contributed by atoms with Gasteiger partial charge in [0.05, 0.1) is 25.7 Å². The lowest BCUT2D eigenvalue weighted by atomic mass is 10.0. The molecule has 0 spiro atoms. The summed E-state index contributed by atoms with van der Waals surface area (Å²) in [5.74, 6) is 0.340. The SMILES string of the molecule is COC(=O)C[C@H](NC(=O)CC1CC(c2ccc(/C(N)=N/C(=O)OC(C)(C)C)cc2)=NO1)C(=O)N1CCSCC1. The Morgan fingerprint density at radius 1 is 1.21 bits per heavy atom. The second kappa shape index (κ2) is 13.5. The van der Waals surface area contributed by atoms with Gasteiger partial charge in [0.15, 0.2) is 0 Å². The van der Waals surface area contributed by atoms with Crippen LogP contribution in [0.5, 0.6) is 0 Å². The van der Waals surface area contributed by atoms with Gasteiger partial charge in [-0.15, -0.1) is 0 Å². The normalized spacial score (nSPS) is 18.5. The number of oxime groups is 1. The predicted molar refractivity (Wildman–Crippen MR) is 147 cm³/mol. The van der Waals surface area contributed by atoms with Gasteiger partial charge in [-0.1, -0.05) is 29.4 Å². The Bertz CT molecular complexity index is 1120. The molecule has 1 unspecified atom stereocenters. The number of nitrogens with two attached hydrogens (primary N) is 1. The van der Waals surface area contributed by atoms with Gasteiger partial charge in [-0.05, 0) is 26.3 Å². The fourth-order valence-corrected chi connectivity index (χ4v) is 4.81. The van der Waals surface area contributed by atoms with Crippen LogP contribution in [0.25, 0.3) is 0 Å². The molecule has 0 aliphatic carbocycles. The van der Waals surface area contributed by atoms with E-state index in [1.807, 2.05) is 0 Å². The van der Waals surface area contributed by atoms with Gasteiger partial charge in [-0.2, -0.15) is 16.8 Å². The Balaban J connectivity index is 1.55. The minimum Gasteiger partial charge on any atom is -0.469 e. The third-order valence-corrected chi connectivity index (χ3v) is 6.76. The van der Waals surface area contributed by atoms with E-state index in [0.29, 0.717) is 30.8 Å². The van der Waals surface area contributed by atoms with Gasteiger partial charge in [-0.3, -0.25) is 14.4 Å². The number of ether oxygens (including phenoxy) is 2. The van der Waals surface area contributed by atoms with Gasteiger partial charge >= 0.3 is 12.1 Å². The highest BCUT2D eigenvalue weighted by Crippen LogP contribution is 2.20. The number of carbonyl (C=O) groups excluding carboxylic acids is 4. The van der Waals surface area contributed by atoms with Crippen molar-refractivity contribution in [3.8, 4) is 0 Å². The van der Waals surface area contributed by atoms with Gasteiger partial charge in [0.1, 0.15) is 23.6 Å². The van der Waals surface area contributed by atoms with Crippen LogP contribution in [0.4, 0.5) is 4.79 Å². The number of amides is 3. The highest BCUT2D eigenvalue weighted by molar-refractivity contribution is 7.99. The lowest BCUT2D eigenvalue weighted by molar-refractivity contribution is -0.146. The molecule has 12 nitrogen and oxygen atoms in total. The zero-order chi connectivity index (χ0) is 28.6. The number of esters is 1. The number of methoxy groups -OCH3 is 1. The highest BCUT2D eigenvalue weighted by Gasteiger charge is 2.31. The minimum atomic E-state index is -1.00. The second-order valence-corrected chi connectivity index (χ2v) is 11.3. The van der Waals surface area contributed by atoms with Crippen molar-refractivity contribution >= 4 is 47.2 Å². The predicted octanol–water partition coefficient (Wildman–Crippen LogP) is 1.83. The zero-order valence-electron chi connectivity index (χ0n) is 22.6. The Morgan fingerprint density at radius 3 is 2.49 bits per heavy atom. The summed E-state index contributed by atoms with van der Waals surface area (Å²) < 4.78 is 9.86. The van der Waals surface area contributed by atoms with Crippen LogP contribution in [-0.2, 0) is 28.7 Å². The van der Waals surface area contributed by atoms with E-state index in [1.54, 1.807) is 61.7 Å². The van der Waals surface area contributed by atoms with Crippen molar-refractivity contribution in [3.63, 3.8) is 0 Å². The quantitative estimate of drug-likeness (QED) is 0.274. The van der Waals surface area contributed by atoms with Crippen LogP contribution in [0.1, 0.15) is 51.2 Å². The van der Waals surface area contributed by atoms with E-state index in [9.17, 15) is 19.2 Å². The zero-order valence-corrected chi connectivity index (χ0v) is 23.4. The molecule has 2 aliphatic heterocycles. The molecule has 0 radical (unpaired) electrons. The van der Waals surface area contributed by atoms with Crippen molar-refractivity contribution in [3.05, 3.63) is 35.4 Å². The van der Waals surface area contributed by atoms with Crippen molar-refractivity contribution < 1.29 is 33.5 Å². The third-order valence-electron chi connectivity index (χ3n) is 5.82. The molecule has 2 heterocycles. The Kier molecular flexibility index (Phi) is 10.3. The molecule has 1 saturated heterocycles. The fourth-order valence-electron chi connectivity index (χ4n) is 3.90. The summed E-state index contributed by atoms with van der Waals surface area (Å²) in [4.78, 5) is 60.4. The van der Waals surface area contributed by atoms with Crippen LogP contribution in [0.15, 0.2) is 34.4 Å². The number of carbonyl (C=O) groups is 4. The summed E-state index contributed by atoms with van der Waals surface area (Å²) in [7, 11) is 1.24. The summed E-state index contributed by atoms with van der Waals surface area (Å²) in [6.45, 7) is 6.35. The van der Waals surface area contributed by atoms with E-state index in [-0.39, 0.29) is 24.6 Å². The molecule has 1 aromatic rings. The van der Waals surface area contributed by atoms with Gasteiger partial charge in [0, 0.05) is 36.6 Å². The van der Waals surface area contributed by atoms with E-state index in [1.165, 1.54) is 7.11 Å². The van der Waals surface area contributed by atoms with Crippen LogP contribution in [0, 0.1) is 0 Å². The summed E-state index contributed by atoms with van der Waals surface area (Å²) in [5.41, 5.74) is 7.19. The van der Waals surface area contributed by atoms with Crippen LogP contribution < -0.4 is 11.1 Å². The lowest BCUT2D eigenvalue weighted by Crippen LogP contribution is -2.52. The van der Waals surface area contributed by atoms with E-state index < -0.39 is 35.7 Å². The smallest absolute Gasteiger partial charge is 0.436 e. The molecule has 2 aliphatic rings. The van der Waals surface area contributed by atoms with E-state index in [4.69, 9.17) is 20.0 Å². The molecule has 0 bridgehead atoms. The summed E-state index contributed by atoms with van der Waals surface area (Å²) in [5, 5.41) is 6.78. The highest BCUT2D eigenvalue weighted by atomic mass is 32.2. The molecule has 2 atom stereocenters. The Hall–Kier alpha value is -3.61. The molecule has 1 fully saturated rings. The lowest BCUT2D eigenvalue weighted by Gasteiger charge is -2.30. The van der Waals surface area contributed by atoms with E-state index >= 15 is 0 Å². The number of aliphatic imine (C=N–C) groups is 1. The van der Waals surface area contributed by atoms with Crippen molar-refractivity contribution in [2.24, 2.45) is 15.9 Å². The number of nitrogens with one attached hydrogen (secondary N) is 1. The first kappa shape index (κ1) is 29.9. The summed E-state index contributed by atoms with van der Waals surface area (Å²) >= 11 is 1.75. The number of hydrogen-bond acceptors (Lipinski definition) is 9. The van der Waals surface area contributed by atoms with E-state index in [2.05, 4.69) is 15.5 Å². The number of nitrogens with zero attached hydrogens (tertiary/aromatic N) is 3. The fraction of sp³-hybridized carbons (Fsp3) is 0.538. The first-order chi connectivity index (χ1) is 18.4. The molecule has 212 valence electrons. The maximum absolute atomic E-state index is 13.0. The number of rotatable bonds is 8. The second-order valence-electron chi connectivity index (χ2n) is 10.1. The first-order valence-corrected chi connectivity index (χ1v) is 13.7. The third kappa shape index (κ3) is 9.27. The standard InChI is InChI=1S/C26H35N5O7S/c1-26(2,3)37-25(35)29-23(27)17-7-5-16(6-8-17)19-13-18(38-30-19)14-21(32)28-20(15-22(33)36-4)24(34)31-9-11-39-12-10-31/h5-8,18,20H,9-15H2,1-4H3,(H,28,32)(H2,27,29,35)/t18?,20-/m0/s1. The maximum atomic E-state index is 13.0. The first-order valence-electron chi connectivity index (χ1n) is 12.6. The van der Waals surface area contributed by atoms with Gasteiger partial charge in [-0.25, -0.2) is 4.79 Å². The molecular formula is C26H35N5O7S. The summed E-state index contributed by atoms with van der Waals surface area (Å²) in [6.07, 6.45) is -1.22. The molecule has 39 heavy (non-hydrogen) atoms.